The first-order chi connectivity index (χ1) is 23.2. The maximum Gasteiger partial charge on any atom is 0.410 e. The molecule has 2 aromatic heterocycles. The summed E-state index contributed by atoms with van der Waals surface area (Å²) in [5, 5.41) is 0. The normalized spacial score (nSPS) is 22.1. The number of piperidine rings is 2. The van der Waals surface area contributed by atoms with Gasteiger partial charge in [-0.3, -0.25) is 28.5 Å². The fourth-order valence-electron chi connectivity index (χ4n) is 7.09. The number of likely N-dealkylation sites (tertiary alicyclic amines) is 2. The third kappa shape index (κ3) is 6.72. The van der Waals surface area contributed by atoms with E-state index >= 15 is 8.78 Å². The Morgan fingerprint density at radius 2 is 1.69 bits per heavy atom. The summed E-state index contributed by atoms with van der Waals surface area (Å²) in [5.41, 5.74) is 0.618. The number of rotatable bonds is 6. The number of ether oxygens (including phenoxy) is 2. The van der Waals surface area contributed by atoms with Gasteiger partial charge in [0.1, 0.15) is 22.9 Å². The lowest BCUT2D eigenvalue weighted by atomic mass is 9.98. The number of hydrogen-bond acceptors (Lipinski definition) is 9. The Morgan fingerprint density at radius 3 is 2.33 bits per heavy atom. The molecule has 3 aliphatic rings. The fraction of sp³-hybridized carbons (Fsp3) is 0.559. The summed E-state index contributed by atoms with van der Waals surface area (Å²) >= 11 is 0. The standard InChI is InChI=1S/C34H43F2N7O6/c1-33(2,3)49-32(47)41-15-13-26(34(35,36)21-41)39-16-18-40(19-17-39)29-28-24(12-14-37-29)43(31(46)38(28)4)25-10-11-27(44)42(30(25)45)20-22-6-8-23(48-5)9-7-22/h6-9,12,14,25-26H,10-11,13,15-21H2,1-5H3/t25?,26-/m0/s1. The Bertz CT molecular complexity index is 1790. The van der Waals surface area contributed by atoms with Crippen molar-refractivity contribution in [2.24, 2.45) is 7.05 Å². The van der Waals surface area contributed by atoms with Crippen LogP contribution >= 0.6 is 0 Å². The van der Waals surface area contributed by atoms with Crippen LogP contribution in [0.25, 0.3) is 11.0 Å². The molecule has 0 N–H and O–H groups in total. The fourth-order valence-corrected chi connectivity index (χ4v) is 7.09. The second kappa shape index (κ2) is 13.1. The first kappa shape index (κ1) is 34.3. The molecule has 2 atom stereocenters. The first-order valence-corrected chi connectivity index (χ1v) is 16.6. The van der Waals surface area contributed by atoms with Gasteiger partial charge in [-0.15, -0.1) is 0 Å². The smallest absolute Gasteiger partial charge is 0.410 e. The molecule has 0 saturated carbocycles. The molecule has 0 bridgehead atoms. The summed E-state index contributed by atoms with van der Waals surface area (Å²) in [4.78, 5) is 63.5. The average Bonchev–Trinajstić information content (AvgIpc) is 3.31. The maximum absolute atomic E-state index is 15.4. The Hall–Kier alpha value is -4.53. The topological polar surface area (TPSA) is 122 Å². The molecule has 15 heteroatoms. The van der Waals surface area contributed by atoms with E-state index in [0.717, 1.165) is 10.5 Å². The van der Waals surface area contributed by atoms with Crippen molar-refractivity contribution in [2.45, 2.75) is 70.2 Å². The number of piperazine rings is 1. The van der Waals surface area contributed by atoms with Gasteiger partial charge in [-0.2, -0.15) is 0 Å². The molecule has 0 radical (unpaired) electrons. The van der Waals surface area contributed by atoms with Gasteiger partial charge in [-0.05, 0) is 57.4 Å². The summed E-state index contributed by atoms with van der Waals surface area (Å²) < 4.78 is 44.3. The van der Waals surface area contributed by atoms with Gasteiger partial charge in [0.2, 0.25) is 5.91 Å². The lowest BCUT2D eigenvalue weighted by Crippen LogP contribution is -2.62. The Morgan fingerprint density at radius 1 is 1.00 bits per heavy atom. The lowest BCUT2D eigenvalue weighted by Gasteiger charge is -2.46. The van der Waals surface area contributed by atoms with Gasteiger partial charge in [-0.25, -0.2) is 23.4 Å². The highest BCUT2D eigenvalue weighted by atomic mass is 19.3. The van der Waals surface area contributed by atoms with Crippen molar-refractivity contribution in [3.05, 3.63) is 52.6 Å². The highest BCUT2D eigenvalue weighted by Gasteiger charge is 2.49. The van der Waals surface area contributed by atoms with Crippen LogP contribution in [0.5, 0.6) is 5.75 Å². The number of carbonyl (C=O) groups excluding carboxylic acids is 3. The number of halogens is 2. The molecule has 49 heavy (non-hydrogen) atoms. The Kier molecular flexibility index (Phi) is 9.15. The summed E-state index contributed by atoms with van der Waals surface area (Å²) in [6.07, 6.45) is 1.25. The zero-order chi connectivity index (χ0) is 35.2. The monoisotopic (exact) mass is 683 g/mol. The number of pyridine rings is 1. The molecule has 3 aromatic rings. The van der Waals surface area contributed by atoms with E-state index < -0.39 is 47.8 Å². The van der Waals surface area contributed by atoms with Gasteiger partial charge < -0.3 is 19.3 Å². The lowest BCUT2D eigenvalue weighted by molar-refractivity contribution is -0.151. The van der Waals surface area contributed by atoms with Gasteiger partial charge in [0, 0.05) is 52.4 Å². The second-order valence-electron chi connectivity index (χ2n) is 13.9. The van der Waals surface area contributed by atoms with Crippen molar-refractivity contribution in [2.75, 3.05) is 51.3 Å². The van der Waals surface area contributed by atoms with Crippen LogP contribution in [0.2, 0.25) is 0 Å². The number of fused-ring (bicyclic) bond motifs is 1. The number of imide groups is 1. The highest BCUT2D eigenvalue weighted by molar-refractivity contribution is 6.00. The van der Waals surface area contributed by atoms with Gasteiger partial charge in [0.25, 0.3) is 11.8 Å². The molecule has 3 saturated heterocycles. The van der Waals surface area contributed by atoms with E-state index in [9.17, 15) is 19.2 Å². The van der Waals surface area contributed by atoms with Gasteiger partial charge in [-0.1, -0.05) is 12.1 Å². The van der Waals surface area contributed by atoms with Crippen molar-refractivity contribution in [3.8, 4) is 5.75 Å². The first-order valence-electron chi connectivity index (χ1n) is 16.6. The second-order valence-corrected chi connectivity index (χ2v) is 13.9. The summed E-state index contributed by atoms with van der Waals surface area (Å²) in [5.74, 6) is -2.69. The van der Waals surface area contributed by atoms with Crippen molar-refractivity contribution in [1.82, 2.24) is 28.8 Å². The molecule has 3 aliphatic heterocycles. The molecule has 264 valence electrons. The van der Waals surface area contributed by atoms with E-state index in [4.69, 9.17) is 9.47 Å². The van der Waals surface area contributed by atoms with Gasteiger partial charge in [0.15, 0.2) is 5.82 Å². The average molecular weight is 684 g/mol. The van der Waals surface area contributed by atoms with Crippen LogP contribution < -0.4 is 15.3 Å². The predicted molar refractivity (Wildman–Crippen MR) is 177 cm³/mol. The third-order valence-electron chi connectivity index (χ3n) is 9.53. The third-order valence-corrected chi connectivity index (χ3v) is 9.53. The zero-order valence-corrected chi connectivity index (χ0v) is 28.5. The number of carbonyl (C=O) groups is 3. The van der Waals surface area contributed by atoms with E-state index in [1.807, 2.05) is 4.90 Å². The zero-order valence-electron chi connectivity index (χ0n) is 28.5. The molecule has 13 nitrogen and oxygen atoms in total. The van der Waals surface area contributed by atoms with Crippen molar-refractivity contribution in [3.63, 3.8) is 0 Å². The van der Waals surface area contributed by atoms with Crippen molar-refractivity contribution < 1.29 is 32.6 Å². The molecule has 5 heterocycles. The molecule has 3 fully saturated rings. The van der Waals surface area contributed by atoms with Crippen LogP contribution in [0.15, 0.2) is 41.3 Å². The SMILES string of the molecule is COc1ccc(CN2C(=O)CCC(n3c(=O)n(C)c4c(N5CCN([C@H]6CCN(C(=O)OC(C)(C)C)CC6(F)F)CC5)nccc43)C2=O)cc1. The molecule has 0 spiro atoms. The van der Waals surface area contributed by atoms with Crippen LogP contribution in [-0.4, -0.2) is 111 Å². The highest BCUT2D eigenvalue weighted by Crippen LogP contribution is 2.35. The number of aromatic nitrogens is 3. The number of aryl methyl sites for hydroxylation is 1. The van der Waals surface area contributed by atoms with Gasteiger partial charge >= 0.3 is 11.8 Å². The van der Waals surface area contributed by atoms with E-state index in [0.29, 0.717) is 48.8 Å². The molecular weight excluding hydrogens is 640 g/mol. The molecule has 1 aromatic carbocycles. The quantitative estimate of drug-likeness (QED) is 0.360. The van der Waals surface area contributed by atoms with Crippen LogP contribution in [0.3, 0.4) is 0 Å². The van der Waals surface area contributed by atoms with E-state index in [1.54, 1.807) is 76.4 Å². The van der Waals surface area contributed by atoms with Crippen molar-refractivity contribution in [1.29, 1.82) is 0 Å². The largest absolute Gasteiger partial charge is 0.497 e. The molecular formula is C34H43F2N7O6. The number of hydrogen-bond donors (Lipinski definition) is 0. The maximum atomic E-state index is 15.4. The number of nitrogens with zero attached hydrogens (tertiary/aromatic N) is 7. The van der Waals surface area contributed by atoms with Crippen LogP contribution in [0, 0.1) is 0 Å². The van der Waals surface area contributed by atoms with Gasteiger partial charge in [0.05, 0.1) is 31.8 Å². The number of imidazole rings is 1. The van der Waals surface area contributed by atoms with E-state index in [1.165, 1.54) is 14.0 Å². The minimum Gasteiger partial charge on any atom is -0.497 e. The minimum atomic E-state index is -3.12. The molecule has 1 unspecified atom stereocenters. The predicted octanol–water partition coefficient (Wildman–Crippen LogP) is 3.40. The number of methoxy groups -OCH3 is 1. The summed E-state index contributed by atoms with van der Waals surface area (Å²) in [7, 11) is 3.18. The molecule has 0 aliphatic carbocycles. The van der Waals surface area contributed by atoms with E-state index in [2.05, 4.69) is 4.98 Å². The van der Waals surface area contributed by atoms with Crippen LogP contribution in [-0.2, 0) is 27.9 Å². The summed E-state index contributed by atoms with van der Waals surface area (Å²) in [6.45, 7) is 6.11. The number of amides is 3. The molecule has 6 rings (SSSR count). The molecule has 3 amide bonds. The van der Waals surface area contributed by atoms with E-state index in [-0.39, 0.29) is 38.3 Å². The number of anilines is 1. The Labute approximate surface area is 282 Å². The van der Waals surface area contributed by atoms with Crippen molar-refractivity contribution >= 4 is 34.8 Å². The van der Waals surface area contributed by atoms with Crippen LogP contribution in [0.4, 0.5) is 19.4 Å². The minimum absolute atomic E-state index is 0.0772. The number of alkyl halides is 2. The van der Waals surface area contributed by atoms with Crippen LogP contribution in [0.1, 0.15) is 51.6 Å². The Balaban J connectivity index is 1.18. The number of benzene rings is 1. The summed E-state index contributed by atoms with van der Waals surface area (Å²) in [6, 6.07) is 6.88.